The Morgan fingerprint density at radius 2 is 1.05 bits per heavy atom. The number of amides is 9. The van der Waals surface area contributed by atoms with Crippen molar-refractivity contribution < 1.29 is 63.0 Å². The first-order chi connectivity index (χ1) is 38.0. The van der Waals surface area contributed by atoms with Crippen molar-refractivity contribution >= 4 is 88.8 Å². The van der Waals surface area contributed by atoms with Crippen LogP contribution in [0, 0.1) is 17.8 Å². The van der Waals surface area contributed by atoms with Crippen LogP contribution in [0.4, 0.5) is 0 Å². The lowest BCUT2D eigenvalue weighted by Crippen LogP contribution is -2.61. The van der Waals surface area contributed by atoms with Crippen molar-refractivity contribution in [3.63, 3.8) is 0 Å². The number of thioether (sulfide) groups is 1. The summed E-state index contributed by atoms with van der Waals surface area (Å²) in [6.45, 7) is 10.4. The zero-order valence-corrected chi connectivity index (χ0v) is 47.9. The summed E-state index contributed by atoms with van der Waals surface area (Å²) in [5.74, 6) is -12.4. The topological polar surface area (TPSA) is 534 Å². The number of H-pyrrole nitrogens is 1. The van der Waals surface area contributed by atoms with Crippen molar-refractivity contribution in [2.24, 2.45) is 62.1 Å². The van der Waals surface area contributed by atoms with E-state index in [1.807, 2.05) is 6.92 Å². The number of carboxylic acids is 2. The minimum absolute atomic E-state index is 0.00606. The standard InChI is InChI=1S/C49H86N18O13S/c1-8-26(6)37(51)45(77)63-29(12-10-17-58-49(54)55)40(72)64-32(20-27-22-56-23-59-27)43(75)61-30(13-14-36(69)70)41(73)65-33(21-35(50)68)44(76)60-28(11-9-16-57-48(52)53)39(71)62-31(15-18-81-7)42(74)67-38(25(4)5)46(78)66-34(47(79)80)19-24(2)3/h22-26,28-34,37-38H,8-21,51H2,1-7H3,(H2,50,68)(H,56,59)(H,60,76)(H,61,75)(H,62,71)(H,63,77)(H,64,72)(H,65,73)(H,66,78)(H,67,74)(H,69,70)(H,79,80)(H4,52,53,57)(H4,54,55,58)/t26-,28-,29-,30-,31-,32-,33-,34-,37-,38-/m0/s1. The second-order valence-electron chi connectivity index (χ2n) is 20.1. The van der Waals surface area contributed by atoms with E-state index in [2.05, 4.69) is 62.5 Å². The van der Waals surface area contributed by atoms with Gasteiger partial charge < -0.3 is 92.1 Å². The maximum atomic E-state index is 14.3. The molecule has 1 rings (SSSR count). The van der Waals surface area contributed by atoms with E-state index in [9.17, 15) is 63.0 Å². The second kappa shape index (κ2) is 37.2. The minimum atomic E-state index is -1.89. The molecule has 0 aliphatic heterocycles. The van der Waals surface area contributed by atoms with Gasteiger partial charge in [-0.15, -0.1) is 0 Å². The first-order valence-electron chi connectivity index (χ1n) is 26.5. The third-order valence-electron chi connectivity index (χ3n) is 12.5. The number of nitrogens with two attached hydrogens (primary N) is 6. The number of carboxylic acid groups (broad SMARTS) is 2. The molecule has 0 radical (unpaired) electrons. The highest BCUT2D eigenvalue weighted by atomic mass is 32.2. The van der Waals surface area contributed by atoms with Crippen LogP contribution in [0.1, 0.15) is 111 Å². The number of aromatic nitrogens is 2. The quantitative estimate of drug-likeness (QED) is 0.0168. The van der Waals surface area contributed by atoms with Crippen LogP contribution in [0.25, 0.3) is 0 Å². The molecule has 9 amide bonds. The molecule has 0 aromatic carbocycles. The van der Waals surface area contributed by atoms with Gasteiger partial charge in [-0.25, -0.2) is 9.78 Å². The Kier molecular flexibility index (Phi) is 32.7. The molecular formula is C49H86N18O13S. The van der Waals surface area contributed by atoms with Crippen molar-refractivity contribution in [2.75, 3.05) is 25.1 Å². The molecule has 0 bridgehead atoms. The first kappa shape index (κ1) is 71.2. The van der Waals surface area contributed by atoms with Gasteiger partial charge in [-0.1, -0.05) is 48.0 Å². The number of hydrogen-bond acceptors (Lipinski definition) is 16. The summed E-state index contributed by atoms with van der Waals surface area (Å²) in [6.07, 6.45) is 2.49. The van der Waals surface area contributed by atoms with E-state index in [0.717, 1.165) is 0 Å². The lowest BCUT2D eigenvalue weighted by molar-refractivity contribution is -0.143. The van der Waals surface area contributed by atoms with Gasteiger partial charge in [0.1, 0.15) is 48.3 Å². The van der Waals surface area contributed by atoms with Gasteiger partial charge in [-0.05, 0) is 74.7 Å². The lowest BCUT2D eigenvalue weighted by atomic mass is 9.98. The predicted molar refractivity (Wildman–Crippen MR) is 301 cm³/mol. The van der Waals surface area contributed by atoms with Crippen molar-refractivity contribution in [1.29, 1.82) is 0 Å². The first-order valence-corrected chi connectivity index (χ1v) is 27.9. The molecule has 1 heterocycles. The number of aromatic amines is 1. The average Bonchev–Trinajstić information content (AvgIpc) is 3.93. The monoisotopic (exact) mass is 1170 g/mol. The van der Waals surface area contributed by atoms with E-state index in [4.69, 9.17) is 34.4 Å². The highest BCUT2D eigenvalue weighted by Crippen LogP contribution is 2.13. The van der Waals surface area contributed by atoms with Gasteiger partial charge in [0.25, 0.3) is 0 Å². The maximum Gasteiger partial charge on any atom is 0.326 e. The summed E-state index contributed by atoms with van der Waals surface area (Å²) in [4.78, 5) is 162. The Morgan fingerprint density at radius 3 is 1.48 bits per heavy atom. The number of hydrogen-bond donors (Lipinski definition) is 17. The van der Waals surface area contributed by atoms with Crippen molar-refractivity contribution in [3.05, 3.63) is 18.2 Å². The molecule has 31 nitrogen and oxygen atoms in total. The Bertz CT molecular complexity index is 2310. The van der Waals surface area contributed by atoms with E-state index in [1.165, 1.54) is 24.3 Å². The number of carbonyl (C=O) groups is 11. The van der Waals surface area contributed by atoms with Gasteiger partial charge in [-0.2, -0.15) is 11.8 Å². The molecule has 1 aromatic rings. The van der Waals surface area contributed by atoms with Crippen LogP contribution >= 0.6 is 11.8 Å². The Hall–Kier alpha value is -7.77. The Balaban J connectivity index is 3.66. The van der Waals surface area contributed by atoms with Crippen LogP contribution in [0.5, 0.6) is 0 Å². The van der Waals surface area contributed by atoms with E-state index in [1.54, 1.807) is 40.9 Å². The van der Waals surface area contributed by atoms with Crippen molar-refractivity contribution in [1.82, 2.24) is 52.5 Å². The van der Waals surface area contributed by atoms with E-state index >= 15 is 0 Å². The van der Waals surface area contributed by atoms with Crippen molar-refractivity contribution in [3.8, 4) is 0 Å². The van der Waals surface area contributed by atoms with Crippen molar-refractivity contribution in [2.45, 2.75) is 167 Å². The number of primary amides is 1. The fourth-order valence-corrected chi connectivity index (χ4v) is 8.18. The van der Waals surface area contributed by atoms with Gasteiger partial charge in [-0.3, -0.25) is 57.9 Å². The van der Waals surface area contributed by atoms with E-state index in [-0.39, 0.29) is 81.8 Å². The largest absolute Gasteiger partial charge is 0.481 e. The van der Waals surface area contributed by atoms with Crippen LogP contribution < -0.4 is 76.9 Å². The van der Waals surface area contributed by atoms with Crippen LogP contribution in [0.15, 0.2) is 22.5 Å². The highest BCUT2D eigenvalue weighted by Gasteiger charge is 2.36. The third-order valence-corrected chi connectivity index (χ3v) is 13.1. The smallest absolute Gasteiger partial charge is 0.326 e. The molecule has 32 heteroatoms. The van der Waals surface area contributed by atoms with E-state index < -0.39 is 145 Å². The molecule has 0 saturated heterocycles. The Labute approximate surface area is 474 Å². The zero-order valence-electron chi connectivity index (χ0n) is 47.1. The third kappa shape index (κ3) is 28.3. The summed E-state index contributed by atoms with van der Waals surface area (Å²) >= 11 is 1.32. The van der Waals surface area contributed by atoms with Gasteiger partial charge in [0.05, 0.1) is 18.8 Å². The fourth-order valence-electron chi connectivity index (χ4n) is 7.71. The number of aliphatic imine (C=N–C) groups is 2. The second-order valence-corrected chi connectivity index (χ2v) is 21.1. The van der Waals surface area contributed by atoms with Gasteiger partial charge in [0.15, 0.2) is 11.9 Å². The number of guanidine groups is 2. The van der Waals surface area contributed by atoms with Gasteiger partial charge >= 0.3 is 11.9 Å². The number of carbonyl (C=O) groups excluding carboxylic acids is 9. The fraction of sp³-hybridized carbons (Fsp3) is 0.673. The SMILES string of the molecule is CC[C@H](C)[C@H](N)C(=O)N[C@@H](CCCN=C(N)N)C(=O)N[C@@H](Cc1cnc[nH]1)C(=O)N[C@@H](CCC(=O)O)C(=O)N[C@@H](CC(N)=O)C(=O)N[C@@H](CCCN=C(N)N)C(=O)N[C@@H](CCSC)C(=O)N[C@H](C(=O)N[C@@H](CC(C)C)C(=O)O)C(C)C. The molecule has 81 heavy (non-hydrogen) atoms. The van der Waals surface area contributed by atoms with Crippen LogP contribution in [0.3, 0.4) is 0 Å². The van der Waals surface area contributed by atoms with Gasteiger partial charge in [0.2, 0.25) is 53.2 Å². The van der Waals surface area contributed by atoms with Gasteiger partial charge in [0, 0.05) is 37.8 Å². The van der Waals surface area contributed by atoms with Crippen LogP contribution in [0.2, 0.25) is 0 Å². The summed E-state index contributed by atoms with van der Waals surface area (Å²) in [5.41, 5.74) is 33.9. The summed E-state index contributed by atoms with van der Waals surface area (Å²) in [6, 6.07) is -12.9. The molecule has 1 aromatic heterocycles. The molecule has 0 unspecified atom stereocenters. The molecule has 456 valence electrons. The highest BCUT2D eigenvalue weighted by molar-refractivity contribution is 7.98. The molecular weight excluding hydrogens is 1080 g/mol. The molecule has 0 aliphatic rings. The molecule has 0 spiro atoms. The molecule has 10 atom stereocenters. The Morgan fingerprint density at radius 1 is 0.605 bits per heavy atom. The minimum Gasteiger partial charge on any atom is -0.481 e. The lowest BCUT2D eigenvalue weighted by Gasteiger charge is -2.28. The van der Waals surface area contributed by atoms with E-state index in [0.29, 0.717) is 17.9 Å². The number of imidazole rings is 1. The predicted octanol–water partition coefficient (Wildman–Crippen LogP) is -4.41. The number of aliphatic carboxylic acids is 2. The average molecular weight is 1170 g/mol. The molecule has 0 fully saturated rings. The molecule has 0 saturated carbocycles. The normalized spacial score (nSPS) is 14.8. The summed E-state index contributed by atoms with van der Waals surface area (Å²) < 4.78 is 0. The number of rotatable bonds is 40. The summed E-state index contributed by atoms with van der Waals surface area (Å²) in [5, 5.41) is 39.5. The molecule has 23 N–H and O–H groups in total. The number of nitrogens with zero attached hydrogens (tertiary/aromatic N) is 3. The number of nitrogens with one attached hydrogen (secondary N) is 9. The maximum absolute atomic E-state index is 14.3. The summed E-state index contributed by atoms with van der Waals surface area (Å²) in [7, 11) is 0. The van der Waals surface area contributed by atoms with Crippen LogP contribution in [-0.2, 0) is 59.2 Å². The molecule has 0 aliphatic carbocycles. The van der Waals surface area contributed by atoms with Crippen LogP contribution in [-0.4, -0.2) is 177 Å². The zero-order chi connectivity index (χ0) is 61.5.